The molecule has 5 nitrogen and oxygen atoms in total. The fourth-order valence-corrected chi connectivity index (χ4v) is 4.16. The van der Waals surface area contributed by atoms with Crippen molar-refractivity contribution >= 4 is 17.6 Å². The molecule has 3 unspecified atom stereocenters. The van der Waals surface area contributed by atoms with Crippen molar-refractivity contribution in [3.63, 3.8) is 0 Å². The molecule has 1 saturated heterocycles. The van der Waals surface area contributed by atoms with Crippen molar-refractivity contribution in [2.45, 2.75) is 31.1 Å². The Labute approximate surface area is 165 Å². The molecule has 0 aromatic heterocycles. The second-order valence-electron chi connectivity index (χ2n) is 7.49. The van der Waals surface area contributed by atoms with E-state index in [-0.39, 0.29) is 29.9 Å². The van der Waals surface area contributed by atoms with Crippen molar-refractivity contribution in [2.75, 3.05) is 11.9 Å². The second-order valence-corrected chi connectivity index (χ2v) is 7.49. The van der Waals surface area contributed by atoms with Crippen molar-refractivity contribution in [3.05, 3.63) is 65.7 Å². The lowest BCUT2D eigenvalue weighted by atomic mass is 10.0. The van der Waals surface area contributed by atoms with E-state index in [0.717, 1.165) is 18.6 Å². The van der Waals surface area contributed by atoms with E-state index < -0.39 is 11.7 Å². The summed E-state index contributed by atoms with van der Waals surface area (Å²) in [5, 5.41) is 5.71. The molecule has 0 radical (unpaired) electrons. The lowest BCUT2D eigenvalue weighted by Gasteiger charge is -2.32. The summed E-state index contributed by atoms with van der Waals surface area (Å²) in [5.41, 5.74) is 0.166. The Morgan fingerprint density at radius 3 is 2.24 bits per heavy atom. The Bertz CT molecular complexity index is 900. The van der Waals surface area contributed by atoms with E-state index in [0.29, 0.717) is 24.2 Å². The molecule has 1 aliphatic carbocycles. The van der Waals surface area contributed by atoms with Crippen molar-refractivity contribution in [1.82, 2.24) is 10.2 Å². The number of hydrogen-bond acceptors (Lipinski definition) is 2. The number of urea groups is 1. The molecular formula is C21H20F3N3O2. The van der Waals surface area contributed by atoms with Crippen LogP contribution in [0.1, 0.15) is 28.8 Å². The van der Waals surface area contributed by atoms with Gasteiger partial charge in [0, 0.05) is 29.9 Å². The number of likely N-dealkylation sites (tertiary alicyclic amines) is 1. The molecule has 29 heavy (non-hydrogen) atoms. The number of nitrogens with one attached hydrogen (secondary N) is 2. The van der Waals surface area contributed by atoms with Crippen molar-refractivity contribution < 1.29 is 22.8 Å². The van der Waals surface area contributed by atoms with Crippen LogP contribution in [0.5, 0.6) is 0 Å². The number of carbonyl (C=O) groups excluding carboxylic acids is 2. The maximum Gasteiger partial charge on any atom is 0.416 e. The number of fused-ring (bicyclic) bond motifs is 2. The van der Waals surface area contributed by atoms with E-state index >= 15 is 0 Å². The first kappa shape index (κ1) is 19.3. The standard InChI is InChI=1S/C21H20F3N3O2/c22-21(23,24)15-6-8-16(9-7-15)25-20(29)27-12-14-10-17(27)11-18(14)26-19(28)13-4-2-1-3-5-13/h1-9,14,17-18H,10-12H2,(H,25,29)(H,26,28). The summed E-state index contributed by atoms with van der Waals surface area (Å²) in [6.07, 6.45) is -2.93. The molecule has 1 aliphatic heterocycles. The van der Waals surface area contributed by atoms with Crippen molar-refractivity contribution in [3.8, 4) is 0 Å². The summed E-state index contributed by atoms with van der Waals surface area (Å²) in [7, 11) is 0. The molecule has 1 heterocycles. The predicted molar refractivity (Wildman–Crippen MR) is 101 cm³/mol. The minimum absolute atomic E-state index is 0.00974. The summed E-state index contributed by atoms with van der Waals surface area (Å²) < 4.78 is 37.9. The van der Waals surface area contributed by atoms with Gasteiger partial charge in [0.05, 0.1) is 5.56 Å². The Morgan fingerprint density at radius 2 is 1.66 bits per heavy atom. The van der Waals surface area contributed by atoms with Crippen LogP contribution in [0.15, 0.2) is 54.6 Å². The molecule has 2 aliphatic rings. The zero-order valence-corrected chi connectivity index (χ0v) is 15.4. The van der Waals surface area contributed by atoms with Crippen LogP contribution in [-0.2, 0) is 6.18 Å². The molecule has 8 heteroatoms. The first-order chi connectivity index (χ1) is 13.8. The van der Waals surface area contributed by atoms with Crippen LogP contribution in [0.3, 0.4) is 0 Å². The highest BCUT2D eigenvalue weighted by atomic mass is 19.4. The smallest absolute Gasteiger partial charge is 0.349 e. The fraction of sp³-hybridized carbons (Fsp3) is 0.333. The van der Waals surface area contributed by atoms with E-state index in [4.69, 9.17) is 0 Å². The van der Waals surface area contributed by atoms with Crippen LogP contribution < -0.4 is 10.6 Å². The van der Waals surface area contributed by atoms with Gasteiger partial charge in [-0.2, -0.15) is 13.2 Å². The summed E-state index contributed by atoms with van der Waals surface area (Å²) in [4.78, 5) is 26.6. The number of anilines is 1. The lowest BCUT2D eigenvalue weighted by molar-refractivity contribution is -0.137. The molecule has 2 N–H and O–H groups in total. The summed E-state index contributed by atoms with van der Waals surface area (Å²) in [6.45, 7) is 0.511. The maximum absolute atomic E-state index is 12.6. The Hall–Kier alpha value is -3.03. The van der Waals surface area contributed by atoms with Crippen molar-refractivity contribution in [2.24, 2.45) is 5.92 Å². The Balaban J connectivity index is 1.32. The van der Waals surface area contributed by atoms with Gasteiger partial charge in [-0.15, -0.1) is 0 Å². The number of halogens is 3. The van der Waals surface area contributed by atoms with E-state index in [9.17, 15) is 22.8 Å². The zero-order chi connectivity index (χ0) is 20.6. The van der Waals surface area contributed by atoms with Gasteiger partial charge < -0.3 is 15.5 Å². The van der Waals surface area contributed by atoms with Crippen LogP contribution in [0.4, 0.5) is 23.7 Å². The molecule has 4 rings (SSSR count). The minimum Gasteiger partial charge on any atom is -0.349 e. The third-order valence-corrected chi connectivity index (χ3v) is 5.62. The van der Waals surface area contributed by atoms with E-state index in [1.807, 2.05) is 18.2 Å². The number of rotatable bonds is 3. The second kappa shape index (κ2) is 7.42. The first-order valence-corrected chi connectivity index (χ1v) is 9.42. The van der Waals surface area contributed by atoms with Gasteiger partial charge in [-0.25, -0.2) is 4.79 Å². The highest BCUT2D eigenvalue weighted by molar-refractivity contribution is 5.94. The normalized spacial score (nSPS) is 23.1. The van der Waals surface area contributed by atoms with E-state index in [1.165, 1.54) is 12.1 Å². The van der Waals surface area contributed by atoms with Gasteiger partial charge in [0.25, 0.3) is 5.91 Å². The van der Waals surface area contributed by atoms with Gasteiger partial charge in [0.15, 0.2) is 0 Å². The summed E-state index contributed by atoms with van der Waals surface area (Å²) in [6, 6.07) is 13.1. The topological polar surface area (TPSA) is 61.4 Å². The largest absolute Gasteiger partial charge is 0.416 e. The quantitative estimate of drug-likeness (QED) is 0.810. The molecule has 0 spiro atoms. The number of benzene rings is 2. The number of amides is 3. The average Bonchev–Trinajstić information content (AvgIpc) is 3.29. The number of carbonyl (C=O) groups is 2. The predicted octanol–water partition coefficient (Wildman–Crippen LogP) is 4.13. The molecule has 1 saturated carbocycles. The SMILES string of the molecule is O=C(NC1CC2CC1CN2C(=O)Nc1ccc(C(F)(F)F)cc1)c1ccccc1. The molecule has 2 fully saturated rings. The van der Waals surface area contributed by atoms with Crippen LogP contribution in [0.2, 0.25) is 0 Å². The van der Waals surface area contributed by atoms with Crippen LogP contribution >= 0.6 is 0 Å². The fourth-order valence-electron chi connectivity index (χ4n) is 4.16. The monoisotopic (exact) mass is 403 g/mol. The van der Waals surface area contributed by atoms with Gasteiger partial charge in [-0.3, -0.25) is 4.79 Å². The molecule has 3 amide bonds. The summed E-state index contributed by atoms with van der Waals surface area (Å²) >= 11 is 0. The maximum atomic E-state index is 12.6. The molecule has 3 atom stereocenters. The Morgan fingerprint density at radius 1 is 0.966 bits per heavy atom. The molecule has 2 bridgehead atoms. The first-order valence-electron chi connectivity index (χ1n) is 9.42. The Kier molecular flexibility index (Phi) is 4.94. The van der Waals surface area contributed by atoms with Crippen LogP contribution in [-0.4, -0.2) is 35.5 Å². The third kappa shape index (κ3) is 4.06. The number of piperidine rings is 1. The van der Waals surface area contributed by atoms with E-state index in [1.54, 1.807) is 17.0 Å². The van der Waals surface area contributed by atoms with Gasteiger partial charge >= 0.3 is 12.2 Å². The van der Waals surface area contributed by atoms with Crippen LogP contribution in [0.25, 0.3) is 0 Å². The molecule has 2 aromatic rings. The van der Waals surface area contributed by atoms with E-state index in [2.05, 4.69) is 10.6 Å². The zero-order valence-electron chi connectivity index (χ0n) is 15.4. The number of nitrogens with zero attached hydrogens (tertiary/aromatic N) is 1. The molecule has 152 valence electrons. The molecular weight excluding hydrogens is 383 g/mol. The summed E-state index contributed by atoms with van der Waals surface area (Å²) in [5.74, 6) is 0.0509. The van der Waals surface area contributed by atoms with Crippen molar-refractivity contribution in [1.29, 1.82) is 0 Å². The van der Waals surface area contributed by atoms with Gasteiger partial charge in [-0.1, -0.05) is 18.2 Å². The van der Waals surface area contributed by atoms with Gasteiger partial charge in [-0.05, 0) is 55.2 Å². The van der Waals surface area contributed by atoms with Gasteiger partial charge in [0.2, 0.25) is 0 Å². The molecule has 2 aromatic carbocycles. The van der Waals surface area contributed by atoms with Crippen LogP contribution in [0, 0.1) is 5.92 Å². The lowest BCUT2D eigenvalue weighted by Crippen LogP contribution is -2.48. The highest BCUT2D eigenvalue weighted by Crippen LogP contribution is 2.38. The minimum atomic E-state index is -4.41. The number of hydrogen-bond donors (Lipinski definition) is 2. The van der Waals surface area contributed by atoms with Gasteiger partial charge in [0.1, 0.15) is 0 Å². The number of alkyl halides is 3. The average molecular weight is 403 g/mol. The highest BCUT2D eigenvalue weighted by Gasteiger charge is 2.47. The third-order valence-electron chi connectivity index (χ3n) is 5.62.